The number of aromatic nitrogens is 3. The molecule has 4 atom stereocenters. The number of hydrogen-bond donors (Lipinski definition) is 1. The van der Waals surface area contributed by atoms with E-state index < -0.39 is 0 Å². The van der Waals surface area contributed by atoms with Crippen LogP contribution in [0, 0.1) is 17.3 Å². The molecule has 2 unspecified atom stereocenters. The third-order valence-corrected chi connectivity index (χ3v) is 7.46. The van der Waals surface area contributed by atoms with E-state index in [1.54, 1.807) is 0 Å². The number of carbonyl (C=O) groups excluding carboxylic acids is 1. The van der Waals surface area contributed by atoms with E-state index in [1.807, 2.05) is 35.3 Å². The van der Waals surface area contributed by atoms with Crippen LogP contribution >= 0.6 is 31.9 Å². The minimum atomic E-state index is -0.282. The van der Waals surface area contributed by atoms with Gasteiger partial charge < -0.3 is 5.32 Å². The maximum atomic E-state index is 13.4. The first-order chi connectivity index (χ1) is 12.5. The Morgan fingerprint density at radius 2 is 1.81 bits per heavy atom. The lowest BCUT2D eigenvalue weighted by Gasteiger charge is -2.60. The van der Waals surface area contributed by atoms with Crippen molar-refractivity contribution in [2.45, 2.75) is 44.1 Å². The predicted octanol–water partition coefficient (Wildman–Crippen LogP) is 4.74. The fourth-order valence-corrected chi connectivity index (χ4v) is 6.54. The van der Waals surface area contributed by atoms with Crippen LogP contribution in [0.3, 0.4) is 0 Å². The minimum absolute atomic E-state index is 0.0554. The molecule has 2 aromatic rings. The summed E-state index contributed by atoms with van der Waals surface area (Å²) in [6, 6.07) is 7.83. The maximum absolute atomic E-state index is 13.4. The Hall–Kier alpha value is -1.21. The third kappa shape index (κ3) is 2.66. The van der Waals surface area contributed by atoms with Crippen molar-refractivity contribution in [1.82, 2.24) is 14.8 Å². The van der Waals surface area contributed by atoms with Crippen molar-refractivity contribution < 1.29 is 4.79 Å². The van der Waals surface area contributed by atoms with Crippen molar-refractivity contribution in [2.75, 3.05) is 5.32 Å². The van der Waals surface area contributed by atoms with Crippen LogP contribution in [0.25, 0.3) is 0 Å². The Balaban J connectivity index is 1.46. The Labute approximate surface area is 169 Å². The summed E-state index contributed by atoms with van der Waals surface area (Å²) in [5.41, 5.74) is 0.530. The molecule has 0 spiro atoms. The molecule has 0 radical (unpaired) electrons. The molecule has 0 saturated heterocycles. The molecule has 1 amide bonds. The van der Waals surface area contributed by atoms with E-state index in [2.05, 4.69) is 47.3 Å². The molecule has 26 heavy (non-hydrogen) atoms. The predicted molar refractivity (Wildman–Crippen MR) is 106 cm³/mol. The Kier molecular flexibility index (Phi) is 3.84. The molecule has 4 fully saturated rings. The zero-order valence-corrected chi connectivity index (χ0v) is 17.5. The van der Waals surface area contributed by atoms with Gasteiger partial charge >= 0.3 is 0 Å². The second-order valence-electron chi connectivity index (χ2n) is 8.38. The second kappa shape index (κ2) is 5.89. The van der Waals surface area contributed by atoms with Crippen LogP contribution < -0.4 is 5.32 Å². The van der Waals surface area contributed by atoms with Crippen LogP contribution in [0.5, 0.6) is 0 Å². The lowest BCUT2D eigenvalue weighted by molar-refractivity contribution is -0.150. The molecule has 1 aromatic carbocycles. The largest absolute Gasteiger partial charge is 0.326 e. The van der Waals surface area contributed by atoms with E-state index in [9.17, 15) is 4.79 Å². The summed E-state index contributed by atoms with van der Waals surface area (Å²) in [6.45, 7) is 0. The SMILES string of the molecule is O=C(Nc1ccc(Br)cc1)C12C[C@H]3C[C@@H](C1)CC(n1cnc(Br)n1)(C3)C2. The molecule has 4 saturated carbocycles. The van der Waals surface area contributed by atoms with Gasteiger partial charge in [0.15, 0.2) is 0 Å². The summed E-state index contributed by atoms with van der Waals surface area (Å²) in [7, 11) is 0. The normalized spacial score (nSPS) is 34.8. The fraction of sp³-hybridized carbons (Fsp3) is 0.526. The number of nitrogens with zero attached hydrogens (tertiary/aromatic N) is 3. The summed E-state index contributed by atoms with van der Waals surface area (Å²) in [5, 5.41) is 7.76. The molecule has 4 aliphatic carbocycles. The number of nitrogens with one attached hydrogen (secondary N) is 1. The maximum Gasteiger partial charge on any atom is 0.230 e. The first-order valence-electron chi connectivity index (χ1n) is 9.11. The van der Waals surface area contributed by atoms with Crippen molar-refractivity contribution >= 4 is 43.5 Å². The standard InChI is InChI=1S/C19H20Br2N4O/c20-14-1-3-15(4-2-14)23-16(26)18-6-12-5-13(7-18)9-19(8-12,10-18)25-11-22-17(21)24-25/h1-4,11-13H,5-10H2,(H,23,26)/t12-,13+,18?,19?. The molecule has 4 aliphatic rings. The van der Waals surface area contributed by atoms with E-state index in [4.69, 9.17) is 0 Å². The number of benzene rings is 1. The molecule has 136 valence electrons. The summed E-state index contributed by atoms with van der Waals surface area (Å²) in [5.74, 6) is 1.39. The number of hydrogen-bond acceptors (Lipinski definition) is 3. The van der Waals surface area contributed by atoms with E-state index in [0.717, 1.165) is 42.3 Å². The molecule has 1 N–H and O–H groups in total. The molecular formula is C19H20Br2N4O. The van der Waals surface area contributed by atoms with Gasteiger partial charge in [0.05, 0.1) is 11.0 Å². The molecule has 7 heteroatoms. The highest BCUT2D eigenvalue weighted by atomic mass is 79.9. The minimum Gasteiger partial charge on any atom is -0.326 e. The van der Waals surface area contributed by atoms with Crippen molar-refractivity contribution in [3.63, 3.8) is 0 Å². The zero-order chi connectivity index (χ0) is 17.9. The Morgan fingerprint density at radius 1 is 1.12 bits per heavy atom. The number of rotatable bonds is 3. The third-order valence-electron chi connectivity index (χ3n) is 6.56. The van der Waals surface area contributed by atoms with Gasteiger partial charge in [0.2, 0.25) is 10.6 Å². The van der Waals surface area contributed by atoms with Gasteiger partial charge in [0.25, 0.3) is 0 Å². The monoisotopic (exact) mass is 478 g/mol. The summed E-state index contributed by atoms with van der Waals surface area (Å²) in [4.78, 5) is 17.6. The molecule has 1 aromatic heterocycles. The van der Waals surface area contributed by atoms with Gasteiger partial charge in [-0.15, -0.1) is 5.10 Å². The number of amides is 1. The summed E-state index contributed by atoms with van der Waals surface area (Å²) in [6.07, 6.45) is 8.19. The van der Waals surface area contributed by atoms with Gasteiger partial charge in [-0.3, -0.25) is 4.79 Å². The van der Waals surface area contributed by atoms with Gasteiger partial charge in [-0.1, -0.05) is 15.9 Å². The van der Waals surface area contributed by atoms with Crippen LogP contribution in [0.4, 0.5) is 5.69 Å². The Morgan fingerprint density at radius 3 is 2.42 bits per heavy atom. The van der Waals surface area contributed by atoms with Gasteiger partial charge in [0, 0.05) is 10.2 Å². The van der Waals surface area contributed by atoms with Gasteiger partial charge in [0.1, 0.15) is 6.33 Å². The van der Waals surface area contributed by atoms with Gasteiger partial charge in [-0.2, -0.15) is 0 Å². The van der Waals surface area contributed by atoms with E-state index in [1.165, 1.54) is 6.42 Å². The first-order valence-corrected chi connectivity index (χ1v) is 10.7. The first kappa shape index (κ1) is 16.9. The second-order valence-corrected chi connectivity index (χ2v) is 10.0. The van der Waals surface area contributed by atoms with Gasteiger partial charge in [-0.05, 0) is 90.6 Å². The molecule has 0 aliphatic heterocycles. The van der Waals surface area contributed by atoms with E-state index >= 15 is 0 Å². The van der Waals surface area contributed by atoms with Crippen LogP contribution in [0.15, 0.2) is 39.8 Å². The number of halogens is 2. The molecule has 1 heterocycles. The highest BCUT2D eigenvalue weighted by Gasteiger charge is 2.61. The van der Waals surface area contributed by atoms with Gasteiger partial charge in [-0.25, -0.2) is 9.67 Å². The molecule has 4 bridgehead atoms. The van der Waals surface area contributed by atoms with Crippen LogP contribution in [0.1, 0.15) is 38.5 Å². The van der Waals surface area contributed by atoms with E-state index in [-0.39, 0.29) is 16.9 Å². The lowest BCUT2D eigenvalue weighted by Crippen LogP contribution is -2.60. The van der Waals surface area contributed by atoms with Crippen molar-refractivity contribution in [3.8, 4) is 0 Å². The fourth-order valence-electron chi connectivity index (χ4n) is 6.02. The Bertz CT molecular complexity index is 849. The number of anilines is 1. The van der Waals surface area contributed by atoms with E-state index in [0.29, 0.717) is 16.6 Å². The van der Waals surface area contributed by atoms with Crippen molar-refractivity contribution in [1.29, 1.82) is 0 Å². The van der Waals surface area contributed by atoms with Crippen LogP contribution in [-0.4, -0.2) is 20.7 Å². The summed E-state index contributed by atoms with van der Waals surface area (Å²) >= 11 is 6.82. The highest BCUT2D eigenvalue weighted by Crippen LogP contribution is 2.64. The molecular weight excluding hydrogens is 460 g/mol. The summed E-state index contributed by atoms with van der Waals surface area (Å²) < 4.78 is 3.68. The quantitative estimate of drug-likeness (QED) is 0.691. The lowest BCUT2D eigenvalue weighted by atomic mass is 9.46. The van der Waals surface area contributed by atoms with Crippen molar-refractivity contribution in [2.24, 2.45) is 17.3 Å². The van der Waals surface area contributed by atoms with Crippen molar-refractivity contribution in [3.05, 3.63) is 39.8 Å². The van der Waals surface area contributed by atoms with Crippen LogP contribution in [-0.2, 0) is 10.3 Å². The smallest absolute Gasteiger partial charge is 0.230 e. The molecule has 6 rings (SSSR count). The average molecular weight is 480 g/mol. The highest BCUT2D eigenvalue weighted by molar-refractivity contribution is 9.10. The van der Waals surface area contributed by atoms with Crippen LogP contribution in [0.2, 0.25) is 0 Å². The average Bonchev–Trinajstić information content (AvgIpc) is 3.03. The molecule has 5 nitrogen and oxygen atoms in total. The zero-order valence-electron chi connectivity index (χ0n) is 14.3. The number of carbonyl (C=O) groups is 1. The topological polar surface area (TPSA) is 59.8 Å².